The molecule has 1 rings (SSSR count). The van der Waals surface area contributed by atoms with E-state index in [1.807, 2.05) is 25.1 Å². The van der Waals surface area contributed by atoms with Gasteiger partial charge in [-0.15, -0.1) is 0 Å². The van der Waals surface area contributed by atoms with Crippen molar-refractivity contribution in [2.45, 2.75) is 13.3 Å². The second-order valence-electron chi connectivity index (χ2n) is 4.43. The SMILES string of the molecule is CCN(CC(=O)O)CC(=O)NCCc1cccc(Cl)c1. The second-order valence-corrected chi connectivity index (χ2v) is 4.86. The number of carbonyl (C=O) groups excluding carboxylic acids is 1. The van der Waals surface area contributed by atoms with E-state index in [-0.39, 0.29) is 19.0 Å². The largest absolute Gasteiger partial charge is 0.480 e. The minimum atomic E-state index is -0.932. The second kappa shape index (κ2) is 8.55. The Balaban J connectivity index is 2.30. The molecule has 1 aromatic carbocycles. The van der Waals surface area contributed by atoms with Gasteiger partial charge in [-0.2, -0.15) is 0 Å². The molecule has 0 fully saturated rings. The molecular weight excluding hydrogens is 280 g/mol. The Morgan fingerprint density at radius 2 is 2.10 bits per heavy atom. The molecule has 0 atom stereocenters. The fourth-order valence-corrected chi connectivity index (χ4v) is 1.98. The number of amides is 1. The number of hydrogen-bond acceptors (Lipinski definition) is 3. The summed E-state index contributed by atoms with van der Waals surface area (Å²) in [5.74, 6) is -1.10. The molecular formula is C14H19ClN2O3. The van der Waals surface area contributed by atoms with Crippen LogP contribution in [0.4, 0.5) is 0 Å². The number of carbonyl (C=O) groups is 2. The van der Waals surface area contributed by atoms with Crippen molar-refractivity contribution in [3.8, 4) is 0 Å². The molecule has 0 aliphatic rings. The number of aliphatic carboxylic acids is 1. The molecule has 0 radical (unpaired) electrons. The van der Waals surface area contributed by atoms with Gasteiger partial charge in [0.05, 0.1) is 13.1 Å². The molecule has 0 bridgehead atoms. The van der Waals surface area contributed by atoms with E-state index in [0.717, 1.165) is 5.56 Å². The molecule has 20 heavy (non-hydrogen) atoms. The van der Waals surface area contributed by atoms with Gasteiger partial charge in [0.1, 0.15) is 0 Å². The van der Waals surface area contributed by atoms with Crippen molar-refractivity contribution in [1.82, 2.24) is 10.2 Å². The first-order chi connectivity index (χ1) is 9.51. The maximum absolute atomic E-state index is 11.7. The van der Waals surface area contributed by atoms with Crippen LogP contribution in [0, 0.1) is 0 Å². The lowest BCUT2D eigenvalue weighted by molar-refractivity contribution is -0.138. The van der Waals surface area contributed by atoms with Crippen LogP contribution in [0.15, 0.2) is 24.3 Å². The zero-order valence-electron chi connectivity index (χ0n) is 11.4. The fourth-order valence-electron chi connectivity index (χ4n) is 1.77. The van der Waals surface area contributed by atoms with Gasteiger partial charge in [0.2, 0.25) is 5.91 Å². The molecule has 1 amide bonds. The molecule has 6 heteroatoms. The third-order valence-corrected chi connectivity index (χ3v) is 3.03. The fraction of sp³-hybridized carbons (Fsp3) is 0.429. The Labute approximate surface area is 123 Å². The van der Waals surface area contributed by atoms with Crippen LogP contribution in [0.1, 0.15) is 12.5 Å². The minimum Gasteiger partial charge on any atom is -0.480 e. The molecule has 2 N–H and O–H groups in total. The zero-order chi connectivity index (χ0) is 15.0. The van der Waals surface area contributed by atoms with E-state index >= 15 is 0 Å². The van der Waals surface area contributed by atoms with Gasteiger partial charge in [-0.3, -0.25) is 14.5 Å². The molecule has 110 valence electrons. The van der Waals surface area contributed by atoms with Crippen molar-refractivity contribution >= 4 is 23.5 Å². The summed E-state index contributed by atoms with van der Waals surface area (Å²) in [5.41, 5.74) is 1.05. The van der Waals surface area contributed by atoms with E-state index in [4.69, 9.17) is 16.7 Å². The van der Waals surface area contributed by atoms with Crippen molar-refractivity contribution in [3.63, 3.8) is 0 Å². The molecule has 0 unspecified atom stereocenters. The van der Waals surface area contributed by atoms with Crippen molar-refractivity contribution < 1.29 is 14.7 Å². The maximum Gasteiger partial charge on any atom is 0.317 e. The van der Waals surface area contributed by atoms with Crippen LogP contribution in [0.2, 0.25) is 5.02 Å². The summed E-state index contributed by atoms with van der Waals surface area (Å²) in [6.45, 7) is 2.82. The summed E-state index contributed by atoms with van der Waals surface area (Å²) >= 11 is 5.87. The van der Waals surface area contributed by atoms with Crippen LogP contribution in [0.25, 0.3) is 0 Å². The Morgan fingerprint density at radius 1 is 1.35 bits per heavy atom. The zero-order valence-corrected chi connectivity index (χ0v) is 12.2. The number of nitrogens with zero attached hydrogens (tertiary/aromatic N) is 1. The molecule has 0 heterocycles. The van der Waals surface area contributed by atoms with Gasteiger partial charge in [-0.1, -0.05) is 30.7 Å². The number of rotatable bonds is 8. The van der Waals surface area contributed by atoms with Crippen LogP contribution in [0.5, 0.6) is 0 Å². The summed E-state index contributed by atoms with van der Waals surface area (Å²) in [6, 6.07) is 7.47. The van der Waals surface area contributed by atoms with Gasteiger partial charge in [0, 0.05) is 11.6 Å². The lowest BCUT2D eigenvalue weighted by atomic mass is 10.1. The monoisotopic (exact) mass is 298 g/mol. The van der Waals surface area contributed by atoms with Gasteiger partial charge in [-0.05, 0) is 30.7 Å². The molecule has 0 spiro atoms. The Bertz CT molecular complexity index is 465. The van der Waals surface area contributed by atoms with Gasteiger partial charge in [-0.25, -0.2) is 0 Å². The van der Waals surface area contributed by atoms with E-state index in [9.17, 15) is 9.59 Å². The van der Waals surface area contributed by atoms with Crippen LogP contribution < -0.4 is 5.32 Å². The minimum absolute atomic E-state index is 0.0956. The van der Waals surface area contributed by atoms with Crippen LogP contribution >= 0.6 is 11.6 Å². The van der Waals surface area contributed by atoms with E-state index < -0.39 is 5.97 Å². The standard InChI is InChI=1S/C14H19ClN2O3/c1-2-17(10-14(19)20)9-13(18)16-7-6-11-4-3-5-12(15)8-11/h3-5,8H,2,6-7,9-10H2,1H3,(H,16,18)(H,19,20). The highest BCUT2D eigenvalue weighted by Gasteiger charge is 2.11. The number of hydrogen-bond donors (Lipinski definition) is 2. The third kappa shape index (κ3) is 6.54. The number of likely N-dealkylation sites (N-methyl/N-ethyl adjacent to an activating group) is 1. The van der Waals surface area contributed by atoms with E-state index in [0.29, 0.717) is 24.5 Å². The summed E-state index contributed by atoms with van der Waals surface area (Å²) in [4.78, 5) is 23.8. The van der Waals surface area contributed by atoms with Gasteiger partial charge in [0.15, 0.2) is 0 Å². The molecule has 0 saturated heterocycles. The number of carboxylic acid groups (broad SMARTS) is 1. The van der Waals surface area contributed by atoms with Gasteiger partial charge in [0.25, 0.3) is 0 Å². The quantitative estimate of drug-likeness (QED) is 0.761. The van der Waals surface area contributed by atoms with E-state index in [2.05, 4.69) is 5.32 Å². The molecule has 0 saturated carbocycles. The van der Waals surface area contributed by atoms with Crippen molar-refractivity contribution in [1.29, 1.82) is 0 Å². The topological polar surface area (TPSA) is 69.6 Å². The van der Waals surface area contributed by atoms with E-state index in [1.54, 1.807) is 11.0 Å². The highest BCUT2D eigenvalue weighted by atomic mass is 35.5. The Kier molecular flexibility index (Phi) is 7.04. The first kappa shape index (κ1) is 16.5. The Hall–Kier alpha value is -1.59. The van der Waals surface area contributed by atoms with E-state index in [1.165, 1.54) is 0 Å². The predicted octanol–water partition coefficient (Wildman–Crippen LogP) is 1.41. The average molecular weight is 299 g/mol. The van der Waals surface area contributed by atoms with Crippen LogP contribution in [-0.4, -0.2) is 48.1 Å². The number of nitrogens with one attached hydrogen (secondary N) is 1. The normalized spacial score (nSPS) is 10.6. The van der Waals surface area contributed by atoms with Crippen LogP contribution in [0.3, 0.4) is 0 Å². The molecule has 1 aromatic rings. The number of halogens is 1. The average Bonchev–Trinajstić information content (AvgIpc) is 2.37. The van der Waals surface area contributed by atoms with Crippen LogP contribution in [-0.2, 0) is 16.0 Å². The lowest BCUT2D eigenvalue weighted by Gasteiger charge is -2.17. The van der Waals surface area contributed by atoms with Gasteiger partial charge < -0.3 is 10.4 Å². The first-order valence-corrected chi connectivity index (χ1v) is 6.84. The molecule has 0 aliphatic carbocycles. The third-order valence-electron chi connectivity index (χ3n) is 2.80. The summed E-state index contributed by atoms with van der Waals surface area (Å²) in [5, 5.41) is 12.1. The molecule has 0 aromatic heterocycles. The van der Waals surface area contributed by atoms with Gasteiger partial charge >= 0.3 is 5.97 Å². The van der Waals surface area contributed by atoms with Crippen molar-refractivity contribution in [2.24, 2.45) is 0 Å². The number of carboxylic acids is 1. The summed E-state index contributed by atoms with van der Waals surface area (Å²) in [6.07, 6.45) is 0.692. The maximum atomic E-state index is 11.7. The first-order valence-electron chi connectivity index (χ1n) is 6.46. The Morgan fingerprint density at radius 3 is 2.70 bits per heavy atom. The lowest BCUT2D eigenvalue weighted by Crippen LogP contribution is -2.40. The highest BCUT2D eigenvalue weighted by molar-refractivity contribution is 6.30. The molecule has 0 aliphatic heterocycles. The summed E-state index contributed by atoms with van der Waals surface area (Å²) in [7, 11) is 0. The number of benzene rings is 1. The molecule has 5 nitrogen and oxygen atoms in total. The van der Waals surface area contributed by atoms with Crippen molar-refractivity contribution in [2.75, 3.05) is 26.2 Å². The van der Waals surface area contributed by atoms with Crippen molar-refractivity contribution in [3.05, 3.63) is 34.9 Å². The highest BCUT2D eigenvalue weighted by Crippen LogP contribution is 2.10. The smallest absolute Gasteiger partial charge is 0.317 e. The predicted molar refractivity (Wildman–Crippen MR) is 77.9 cm³/mol. The summed E-state index contributed by atoms with van der Waals surface area (Å²) < 4.78 is 0.